The van der Waals surface area contributed by atoms with Crippen LogP contribution in [-0.2, 0) is 0 Å². The molecule has 0 aliphatic heterocycles. The summed E-state index contributed by atoms with van der Waals surface area (Å²) in [7, 11) is 4.03. The van der Waals surface area contributed by atoms with E-state index in [0.29, 0.717) is 5.92 Å². The Morgan fingerprint density at radius 3 is 2.80 bits per heavy atom. The standard InChI is InChI=1S/C16H25FN2O/c1-18-16(13-4-3-5-14(17)10-13)6-7-19(2)11-12-8-15(20)9-12/h3-5,10,12,15-16,18,20H,6-9,11H2,1-2H3. The Balaban J connectivity index is 1.78. The first-order valence-corrected chi connectivity index (χ1v) is 7.38. The summed E-state index contributed by atoms with van der Waals surface area (Å²) >= 11 is 0. The van der Waals surface area contributed by atoms with Gasteiger partial charge in [0.25, 0.3) is 0 Å². The SMILES string of the molecule is CNC(CCN(C)CC1CC(O)C1)c1cccc(F)c1. The molecule has 0 radical (unpaired) electrons. The fraction of sp³-hybridized carbons (Fsp3) is 0.625. The molecule has 1 saturated carbocycles. The summed E-state index contributed by atoms with van der Waals surface area (Å²) in [6.45, 7) is 2.01. The van der Waals surface area contributed by atoms with Crippen LogP contribution in [0.1, 0.15) is 30.9 Å². The highest BCUT2D eigenvalue weighted by molar-refractivity contribution is 5.20. The van der Waals surface area contributed by atoms with E-state index >= 15 is 0 Å². The average molecular weight is 280 g/mol. The molecule has 3 nitrogen and oxygen atoms in total. The first-order chi connectivity index (χ1) is 9.58. The molecule has 2 N–H and O–H groups in total. The minimum absolute atomic E-state index is 0.0780. The quantitative estimate of drug-likeness (QED) is 0.803. The van der Waals surface area contributed by atoms with Crippen molar-refractivity contribution in [2.24, 2.45) is 5.92 Å². The maximum Gasteiger partial charge on any atom is 0.123 e. The van der Waals surface area contributed by atoms with Crippen LogP contribution in [-0.4, -0.2) is 43.3 Å². The number of nitrogens with zero attached hydrogens (tertiary/aromatic N) is 1. The van der Waals surface area contributed by atoms with Gasteiger partial charge in [-0.05, 0) is 63.5 Å². The number of hydrogen-bond acceptors (Lipinski definition) is 3. The fourth-order valence-corrected chi connectivity index (χ4v) is 2.93. The van der Waals surface area contributed by atoms with Crippen LogP contribution in [0.3, 0.4) is 0 Å². The Morgan fingerprint density at radius 1 is 1.45 bits per heavy atom. The van der Waals surface area contributed by atoms with E-state index in [-0.39, 0.29) is 18.0 Å². The summed E-state index contributed by atoms with van der Waals surface area (Å²) in [6.07, 6.45) is 2.74. The number of benzene rings is 1. The average Bonchev–Trinajstić information content (AvgIpc) is 2.38. The Bertz CT molecular complexity index is 421. The van der Waals surface area contributed by atoms with Gasteiger partial charge in [0.05, 0.1) is 6.10 Å². The number of aliphatic hydroxyl groups is 1. The van der Waals surface area contributed by atoms with E-state index in [9.17, 15) is 9.50 Å². The van der Waals surface area contributed by atoms with Gasteiger partial charge in [0, 0.05) is 12.6 Å². The smallest absolute Gasteiger partial charge is 0.123 e. The van der Waals surface area contributed by atoms with E-state index in [1.165, 1.54) is 6.07 Å². The molecule has 1 unspecified atom stereocenters. The largest absolute Gasteiger partial charge is 0.393 e. The Kier molecular flexibility index (Phi) is 5.52. The maximum absolute atomic E-state index is 13.3. The number of rotatable bonds is 7. The molecule has 1 aromatic carbocycles. The normalized spacial score (nSPS) is 23.6. The van der Waals surface area contributed by atoms with Crippen molar-refractivity contribution in [3.8, 4) is 0 Å². The lowest BCUT2D eigenvalue weighted by molar-refractivity contribution is 0.0279. The van der Waals surface area contributed by atoms with Crippen LogP contribution >= 0.6 is 0 Å². The minimum Gasteiger partial charge on any atom is -0.393 e. The molecular formula is C16H25FN2O. The van der Waals surface area contributed by atoms with Crippen molar-refractivity contribution in [2.45, 2.75) is 31.4 Å². The zero-order valence-corrected chi connectivity index (χ0v) is 12.3. The number of hydrogen-bond donors (Lipinski definition) is 2. The van der Waals surface area contributed by atoms with E-state index in [0.717, 1.165) is 37.9 Å². The monoisotopic (exact) mass is 280 g/mol. The van der Waals surface area contributed by atoms with Crippen LogP contribution in [0, 0.1) is 11.7 Å². The van der Waals surface area contributed by atoms with Crippen molar-refractivity contribution in [3.63, 3.8) is 0 Å². The first kappa shape index (κ1) is 15.4. The summed E-state index contributed by atoms with van der Waals surface area (Å²) in [5.74, 6) is 0.455. The first-order valence-electron chi connectivity index (χ1n) is 7.38. The van der Waals surface area contributed by atoms with Gasteiger partial charge >= 0.3 is 0 Å². The van der Waals surface area contributed by atoms with Crippen LogP contribution in [0.5, 0.6) is 0 Å². The molecule has 1 aliphatic rings. The Labute approximate surface area is 120 Å². The van der Waals surface area contributed by atoms with Crippen LogP contribution in [0.2, 0.25) is 0 Å². The third kappa shape index (κ3) is 4.27. The van der Waals surface area contributed by atoms with Crippen LogP contribution < -0.4 is 5.32 Å². The summed E-state index contributed by atoms with van der Waals surface area (Å²) in [6, 6.07) is 6.98. The predicted molar refractivity (Wildman–Crippen MR) is 79.0 cm³/mol. The molecule has 20 heavy (non-hydrogen) atoms. The molecule has 0 saturated heterocycles. The minimum atomic E-state index is -0.181. The van der Waals surface area contributed by atoms with E-state index in [1.807, 2.05) is 13.1 Å². The molecule has 2 rings (SSSR count). The molecule has 1 atom stereocenters. The number of aliphatic hydroxyl groups excluding tert-OH is 1. The molecule has 4 heteroatoms. The van der Waals surface area contributed by atoms with E-state index < -0.39 is 0 Å². The van der Waals surface area contributed by atoms with E-state index in [4.69, 9.17) is 0 Å². The molecule has 1 aromatic rings. The molecule has 0 heterocycles. The van der Waals surface area contributed by atoms with Gasteiger partial charge in [-0.3, -0.25) is 0 Å². The highest BCUT2D eigenvalue weighted by Crippen LogP contribution is 2.27. The lowest BCUT2D eigenvalue weighted by Crippen LogP contribution is -2.38. The van der Waals surface area contributed by atoms with Crippen molar-refractivity contribution < 1.29 is 9.50 Å². The highest BCUT2D eigenvalue weighted by Gasteiger charge is 2.27. The Hall–Kier alpha value is -0.970. The molecule has 0 amide bonds. The van der Waals surface area contributed by atoms with Gasteiger partial charge in [0.2, 0.25) is 0 Å². The second kappa shape index (κ2) is 7.16. The zero-order valence-electron chi connectivity index (χ0n) is 12.3. The van der Waals surface area contributed by atoms with Gasteiger partial charge in [-0.15, -0.1) is 0 Å². The van der Waals surface area contributed by atoms with Crippen LogP contribution in [0.4, 0.5) is 4.39 Å². The van der Waals surface area contributed by atoms with E-state index in [1.54, 1.807) is 12.1 Å². The maximum atomic E-state index is 13.3. The second-order valence-electron chi connectivity index (χ2n) is 5.94. The second-order valence-corrected chi connectivity index (χ2v) is 5.94. The van der Waals surface area contributed by atoms with Gasteiger partial charge in [0.1, 0.15) is 5.82 Å². The van der Waals surface area contributed by atoms with Gasteiger partial charge in [-0.1, -0.05) is 12.1 Å². The lowest BCUT2D eigenvalue weighted by Gasteiger charge is -2.34. The molecule has 0 spiro atoms. The summed E-state index contributed by atoms with van der Waals surface area (Å²) in [5.41, 5.74) is 1.000. The van der Waals surface area contributed by atoms with Gasteiger partial charge < -0.3 is 15.3 Å². The van der Waals surface area contributed by atoms with Crippen molar-refractivity contribution in [3.05, 3.63) is 35.6 Å². The predicted octanol–water partition coefficient (Wildman–Crippen LogP) is 2.18. The van der Waals surface area contributed by atoms with Crippen molar-refractivity contribution >= 4 is 0 Å². The molecule has 0 aromatic heterocycles. The summed E-state index contributed by atoms with van der Waals surface area (Å²) < 4.78 is 13.3. The van der Waals surface area contributed by atoms with Crippen LogP contribution in [0.25, 0.3) is 0 Å². The lowest BCUT2D eigenvalue weighted by atomic mass is 9.82. The number of nitrogens with one attached hydrogen (secondary N) is 1. The van der Waals surface area contributed by atoms with Crippen molar-refractivity contribution in [2.75, 3.05) is 27.2 Å². The van der Waals surface area contributed by atoms with Gasteiger partial charge in [0.15, 0.2) is 0 Å². The summed E-state index contributed by atoms with van der Waals surface area (Å²) in [5, 5.41) is 12.6. The third-order valence-corrected chi connectivity index (χ3v) is 4.18. The zero-order chi connectivity index (χ0) is 14.5. The van der Waals surface area contributed by atoms with Gasteiger partial charge in [-0.2, -0.15) is 0 Å². The van der Waals surface area contributed by atoms with Crippen molar-refractivity contribution in [1.82, 2.24) is 10.2 Å². The third-order valence-electron chi connectivity index (χ3n) is 4.18. The molecule has 1 aliphatic carbocycles. The number of halogens is 1. The summed E-state index contributed by atoms with van der Waals surface area (Å²) in [4.78, 5) is 2.31. The van der Waals surface area contributed by atoms with Gasteiger partial charge in [-0.25, -0.2) is 4.39 Å². The molecule has 112 valence electrons. The molecular weight excluding hydrogens is 255 g/mol. The molecule has 0 bridgehead atoms. The topological polar surface area (TPSA) is 35.5 Å². The highest BCUT2D eigenvalue weighted by atomic mass is 19.1. The van der Waals surface area contributed by atoms with Crippen LogP contribution in [0.15, 0.2) is 24.3 Å². The van der Waals surface area contributed by atoms with Crippen molar-refractivity contribution in [1.29, 1.82) is 0 Å². The Morgan fingerprint density at radius 2 is 2.20 bits per heavy atom. The van der Waals surface area contributed by atoms with E-state index in [2.05, 4.69) is 17.3 Å². The molecule has 1 fully saturated rings. The fourth-order valence-electron chi connectivity index (χ4n) is 2.93.